The number of sulfonamides is 1. The Labute approximate surface area is 155 Å². The third-order valence-electron chi connectivity index (χ3n) is 4.50. The maximum atomic E-state index is 13.0. The summed E-state index contributed by atoms with van der Waals surface area (Å²) in [7, 11) is 2.12. The van der Waals surface area contributed by atoms with Crippen LogP contribution in [0.4, 0.5) is 0 Å². The topological polar surface area (TPSA) is 59.1 Å². The summed E-state index contributed by atoms with van der Waals surface area (Å²) in [4.78, 5) is 2.43. The molecule has 142 valence electrons. The fraction of sp³-hybridized carbons (Fsp3) is 0.647. The van der Waals surface area contributed by atoms with Gasteiger partial charge >= 0.3 is 0 Å². The third kappa shape index (κ3) is 4.68. The van der Waals surface area contributed by atoms with Crippen molar-refractivity contribution in [3.8, 4) is 5.75 Å². The lowest BCUT2D eigenvalue weighted by Gasteiger charge is -2.23. The fourth-order valence-corrected chi connectivity index (χ4v) is 5.61. The van der Waals surface area contributed by atoms with Gasteiger partial charge in [-0.15, -0.1) is 0 Å². The smallest absolute Gasteiger partial charge is 0.243 e. The summed E-state index contributed by atoms with van der Waals surface area (Å²) in [5.41, 5.74) is 0.807. The highest BCUT2D eigenvalue weighted by Gasteiger charge is 2.40. The van der Waals surface area contributed by atoms with Crippen LogP contribution in [-0.2, 0) is 14.8 Å². The molecule has 1 fully saturated rings. The first-order valence-electron chi connectivity index (χ1n) is 8.23. The second-order valence-electron chi connectivity index (χ2n) is 6.40. The number of thioether (sulfide) groups is 1. The van der Waals surface area contributed by atoms with Crippen LogP contribution in [0.1, 0.15) is 5.56 Å². The molecule has 1 heterocycles. The van der Waals surface area contributed by atoms with E-state index in [9.17, 15) is 8.42 Å². The summed E-state index contributed by atoms with van der Waals surface area (Å²) in [6.45, 7) is 3.85. The first kappa shape index (κ1) is 20.5. The average Bonchev–Trinajstić information content (AvgIpc) is 3.02. The van der Waals surface area contributed by atoms with Gasteiger partial charge in [-0.25, -0.2) is 8.42 Å². The highest BCUT2D eigenvalue weighted by atomic mass is 32.2. The van der Waals surface area contributed by atoms with Gasteiger partial charge in [0, 0.05) is 31.5 Å². The van der Waals surface area contributed by atoms with Gasteiger partial charge in [-0.05, 0) is 51.0 Å². The van der Waals surface area contributed by atoms with E-state index in [-0.39, 0.29) is 11.3 Å². The standard InChI is InChI=1S/C17H28N2O4S2/c1-13-10-14(6-7-16(13)23-9-8-22-4)25(20,21)19-11-15(18(2)3)17(12-19)24-5/h6-7,10,15,17H,8-9,11-12H2,1-5H3/t15-,17-/m1/s1. The van der Waals surface area contributed by atoms with Gasteiger partial charge in [-0.2, -0.15) is 16.1 Å². The van der Waals surface area contributed by atoms with Crippen LogP contribution in [-0.4, -0.2) is 82.7 Å². The summed E-state index contributed by atoms with van der Waals surface area (Å²) in [6, 6.07) is 5.27. The van der Waals surface area contributed by atoms with E-state index in [1.807, 2.05) is 27.3 Å². The van der Waals surface area contributed by atoms with E-state index >= 15 is 0 Å². The van der Waals surface area contributed by atoms with E-state index in [2.05, 4.69) is 4.90 Å². The predicted molar refractivity (Wildman–Crippen MR) is 102 cm³/mol. The Kier molecular flexibility index (Phi) is 7.16. The van der Waals surface area contributed by atoms with E-state index < -0.39 is 10.0 Å². The van der Waals surface area contributed by atoms with Gasteiger partial charge in [-0.3, -0.25) is 0 Å². The number of ether oxygens (including phenoxy) is 2. The molecule has 6 nitrogen and oxygen atoms in total. The minimum atomic E-state index is -3.50. The Morgan fingerprint density at radius 1 is 1.28 bits per heavy atom. The predicted octanol–water partition coefficient (Wildman–Crippen LogP) is 1.69. The molecule has 0 bridgehead atoms. The molecule has 0 aliphatic carbocycles. The van der Waals surface area contributed by atoms with Crippen LogP contribution in [0.25, 0.3) is 0 Å². The van der Waals surface area contributed by atoms with Gasteiger partial charge in [-0.1, -0.05) is 0 Å². The fourth-order valence-electron chi connectivity index (χ4n) is 2.98. The highest BCUT2D eigenvalue weighted by Crippen LogP contribution is 2.30. The summed E-state index contributed by atoms with van der Waals surface area (Å²) < 4.78 is 38.2. The molecule has 0 unspecified atom stereocenters. The SMILES string of the molecule is COCCOc1ccc(S(=O)(=O)N2C[C@@H](N(C)C)[C@H](SC)C2)cc1C. The molecule has 1 saturated heterocycles. The normalized spacial score (nSPS) is 21.8. The zero-order valence-electron chi connectivity index (χ0n) is 15.6. The van der Waals surface area contributed by atoms with Crippen LogP contribution in [0.2, 0.25) is 0 Å². The Hall–Kier alpha value is -0.800. The third-order valence-corrected chi connectivity index (χ3v) is 7.40. The van der Waals surface area contributed by atoms with E-state index in [1.165, 1.54) is 0 Å². The zero-order chi connectivity index (χ0) is 18.6. The second-order valence-corrected chi connectivity index (χ2v) is 9.41. The van der Waals surface area contributed by atoms with E-state index in [0.29, 0.717) is 36.9 Å². The van der Waals surface area contributed by atoms with E-state index in [4.69, 9.17) is 9.47 Å². The minimum absolute atomic E-state index is 0.225. The first-order valence-corrected chi connectivity index (χ1v) is 11.0. The summed E-state index contributed by atoms with van der Waals surface area (Å²) in [5.74, 6) is 0.686. The first-order chi connectivity index (χ1) is 11.8. The Morgan fingerprint density at radius 3 is 2.52 bits per heavy atom. The lowest BCUT2D eigenvalue weighted by Crippen LogP contribution is -2.37. The number of nitrogens with zero attached hydrogens (tertiary/aromatic N) is 2. The lowest BCUT2D eigenvalue weighted by molar-refractivity contribution is 0.146. The van der Waals surface area contributed by atoms with Crippen LogP contribution in [0.15, 0.2) is 23.1 Å². The molecule has 0 radical (unpaired) electrons. The van der Waals surface area contributed by atoms with Crippen molar-refractivity contribution in [2.24, 2.45) is 0 Å². The Bertz CT molecular complexity index is 679. The Balaban J connectivity index is 2.18. The number of likely N-dealkylation sites (N-methyl/N-ethyl adjacent to an activating group) is 1. The summed E-state index contributed by atoms with van der Waals surface area (Å²) >= 11 is 1.72. The average molecular weight is 389 g/mol. The monoisotopic (exact) mass is 388 g/mol. The van der Waals surface area contributed by atoms with Gasteiger partial charge in [0.25, 0.3) is 0 Å². The molecule has 2 atom stereocenters. The van der Waals surface area contributed by atoms with Gasteiger partial charge in [0.15, 0.2) is 0 Å². The molecule has 0 amide bonds. The Morgan fingerprint density at radius 2 is 2.00 bits per heavy atom. The molecule has 25 heavy (non-hydrogen) atoms. The quantitative estimate of drug-likeness (QED) is 0.632. The van der Waals surface area contributed by atoms with Gasteiger partial charge < -0.3 is 14.4 Å². The lowest BCUT2D eigenvalue weighted by atomic mass is 10.2. The molecule has 1 aromatic carbocycles. The molecule has 8 heteroatoms. The van der Waals surface area contributed by atoms with Crippen molar-refractivity contribution >= 4 is 21.8 Å². The maximum absolute atomic E-state index is 13.0. The van der Waals surface area contributed by atoms with Gasteiger partial charge in [0.1, 0.15) is 12.4 Å². The van der Waals surface area contributed by atoms with Crippen LogP contribution >= 0.6 is 11.8 Å². The molecular weight excluding hydrogens is 360 g/mol. The van der Waals surface area contributed by atoms with E-state index in [0.717, 1.165) is 5.56 Å². The molecular formula is C17H28N2O4S2. The minimum Gasteiger partial charge on any atom is -0.491 e. The van der Waals surface area contributed by atoms with Crippen molar-refractivity contribution < 1.29 is 17.9 Å². The number of hydrogen-bond acceptors (Lipinski definition) is 6. The van der Waals surface area contributed by atoms with Crippen molar-refractivity contribution in [1.29, 1.82) is 0 Å². The molecule has 0 saturated carbocycles. The molecule has 0 N–H and O–H groups in total. The van der Waals surface area contributed by atoms with Crippen molar-refractivity contribution in [2.45, 2.75) is 23.1 Å². The summed E-state index contributed by atoms with van der Waals surface area (Å²) in [5, 5.41) is 0.280. The van der Waals surface area contributed by atoms with Crippen molar-refractivity contribution in [3.63, 3.8) is 0 Å². The van der Waals surface area contributed by atoms with Crippen LogP contribution in [0.5, 0.6) is 5.75 Å². The highest BCUT2D eigenvalue weighted by molar-refractivity contribution is 7.99. The number of methoxy groups -OCH3 is 1. The number of benzene rings is 1. The number of rotatable bonds is 8. The van der Waals surface area contributed by atoms with Crippen molar-refractivity contribution in [2.75, 3.05) is 53.8 Å². The van der Waals surface area contributed by atoms with Crippen LogP contribution in [0, 0.1) is 6.92 Å². The zero-order valence-corrected chi connectivity index (χ0v) is 17.2. The largest absolute Gasteiger partial charge is 0.491 e. The van der Waals surface area contributed by atoms with Crippen LogP contribution in [0.3, 0.4) is 0 Å². The number of aryl methyl sites for hydroxylation is 1. The molecule has 1 aliphatic rings. The molecule has 0 spiro atoms. The second kappa shape index (κ2) is 8.73. The van der Waals surface area contributed by atoms with Crippen molar-refractivity contribution in [3.05, 3.63) is 23.8 Å². The van der Waals surface area contributed by atoms with Gasteiger partial charge in [0.2, 0.25) is 10.0 Å². The summed E-state index contributed by atoms with van der Waals surface area (Å²) in [6.07, 6.45) is 2.04. The molecule has 0 aromatic heterocycles. The van der Waals surface area contributed by atoms with Crippen molar-refractivity contribution in [1.82, 2.24) is 9.21 Å². The maximum Gasteiger partial charge on any atom is 0.243 e. The number of hydrogen-bond donors (Lipinski definition) is 0. The molecule has 1 aromatic rings. The molecule has 1 aliphatic heterocycles. The van der Waals surface area contributed by atoms with Crippen LogP contribution < -0.4 is 4.74 Å². The molecule has 2 rings (SSSR count). The van der Waals surface area contributed by atoms with Gasteiger partial charge in [0.05, 0.1) is 11.5 Å². The van der Waals surface area contributed by atoms with E-state index in [1.54, 1.807) is 41.4 Å².